The van der Waals surface area contributed by atoms with Crippen LogP contribution >= 0.6 is 0 Å². The Kier molecular flexibility index (Phi) is 3.43. The van der Waals surface area contributed by atoms with Crippen LogP contribution < -0.4 is 16.6 Å². The molecule has 1 amide bonds. The molecule has 1 aromatic carbocycles. The van der Waals surface area contributed by atoms with Gasteiger partial charge in [0, 0.05) is 12.3 Å². The van der Waals surface area contributed by atoms with E-state index in [2.05, 4.69) is 5.32 Å². The number of aromatic nitrogens is 1. The Balaban J connectivity index is 2.09. The average Bonchev–Trinajstić information content (AvgIpc) is 2.35. The molecular weight excluding hydrogens is 230 g/mol. The van der Waals surface area contributed by atoms with Crippen molar-refractivity contribution in [3.05, 3.63) is 59.0 Å². The number of amides is 1. The second-order valence-electron chi connectivity index (χ2n) is 3.80. The third-order valence-corrected chi connectivity index (χ3v) is 2.45. The molecule has 0 spiro atoms. The maximum absolute atomic E-state index is 11.8. The second kappa shape index (κ2) is 5.18. The summed E-state index contributed by atoms with van der Waals surface area (Å²) in [6.45, 7) is -0.0337. The number of rotatable bonds is 3. The van der Waals surface area contributed by atoms with E-state index in [4.69, 9.17) is 5.73 Å². The summed E-state index contributed by atoms with van der Waals surface area (Å²) in [6, 6.07) is 11.7. The highest BCUT2D eigenvalue weighted by Gasteiger charge is 2.05. The highest BCUT2D eigenvalue weighted by Crippen LogP contribution is 2.16. The summed E-state index contributed by atoms with van der Waals surface area (Å²) in [6.07, 6.45) is 1.57. The molecule has 0 saturated heterocycles. The Morgan fingerprint density at radius 1 is 1.17 bits per heavy atom. The molecule has 0 saturated carbocycles. The molecule has 0 atom stereocenters. The highest BCUT2D eigenvalue weighted by molar-refractivity contribution is 5.93. The van der Waals surface area contributed by atoms with Crippen molar-refractivity contribution in [2.45, 2.75) is 6.54 Å². The van der Waals surface area contributed by atoms with E-state index < -0.39 is 0 Å². The zero-order valence-corrected chi connectivity index (χ0v) is 9.67. The summed E-state index contributed by atoms with van der Waals surface area (Å²) in [5.74, 6) is -0.291. The van der Waals surface area contributed by atoms with Crippen LogP contribution in [0.4, 0.5) is 11.4 Å². The molecule has 5 heteroatoms. The molecule has 0 aliphatic rings. The van der Waals surface area contributed by atoms with Crippen molar-refractivity contribution in [3.63, 3.8) is 0 Å². The lowest BCUT2D eigenvalue weighted by atomic mass is 10.2. The van der Waals surface area contributed by atoms with Crippen LogP contribution in [0.3, 0.4) is 0 Å². The van der Waals surface area contributed by atoms with Crippen LogP contribution in [0.5, 0.6) is 0 Å². The third kappa shape index (κ3) is 2.76. The molecule has 3 N–H and O–H groups in total. The lowest BCUT2D eigenvalue weighted by Gasteiger charge is -2.08. The van der Waals surface area contributed by atoms with Gasteiger partial charge in [0.1, 0.15) is 6.54 Å². The van der Waals surface area contributed by atoms with Crippen molar-refractivity contribution < 1.29 is 4.79 Å². The summed E-state index contributed by atoms with van der Waals surface area (Å²) in [4.78, 5) is 23.2. The lowest BCUT2D eigenvalue weighted by Crippen LogP contribution is -2.26. The number of anilines is 2. The van der Waals surface area contributed by atoms with E-state index in [-0.39, 0.29) is 18.0 Å². The summed E-state index contributed by atoms with van der Waals surface area (Å²) in [7, 11) is 0. The van der Waals surface area contributed by atoms with E-state index >= 15 is 0 Å². The van der Waals surface area contributed by atoms with E-state index in [1.54, 1.807) is 42.6 Å². The van der Waals surface area contributed by atoms with E-state index in [0.29, 0.717) is 11.4 Å². The van der Waals surface area contributed by atoms with Crippen LogP contribution in [-0.4, -0.2) is 10.5 Å². The summed E-state index contributed by atoms with van der Waals surface area (Å²) >= 11 is 0. The summed E-state index contributed by atoms with van der Waals surface area (Å²) in [5.41, 5.74) is 6.53. The number of hydrogen-bond donors (Lipinski definition) is 2. The lowest BCUT2D eigenvalue weighted by molar-refractivity contribution is -0.116. The summed E-state index contributed by atoms with van der Waals surface area (Å²) < 4.78 is 1.33. The van der Waals surface area contributed by atoms with Gasteiger partial charge in [-0.05, 0) is 18.2 Å². The van der Waals surface area contributed by atoms with Crippen molar-refractivity contribution in [2.24, 2.45) is 0 Å². The minimum absolute atomic E-state index is 0.0337. The molecule has 0 radical (unpaired) electrons. The van der Waals surface area contributed by atoms with Crippen LogP contribution in [0.25, 0.3) is 0 Å². The first-order valence-electron chi connectivity index (χ1n) is 5.46. The van der Waals surface area contributed by atoms with E-state index in [9.17, 15) is 9.59 Å². The van der Waals surface area contributed by atoms with Crippen LogP contribution in [0, 0.1) is 0 Å². The molecule has 18 heavy (non-hydrogen) atoms. The normalized spacial score (nSPS) is 10.0. The topological polar surface area (TPSA) is 77.1 Å². The minimum atomic E-state index is -0.291. The van der Waals surface area contributed by atoms with Gasteiger partial charge in [-0.3, -0.25) is 9.59 Å². The molecule has 2 rings (SSSR count). The maximum Gasteiger partial charge on any atom is 0.250 e. The molecule has 1 aromatic heterocycles. The first kappa shape index (κ1) is 11.9. The largest absolute Gasteiger partial charge is 0.397 e. The van der Waals surface area contributed by atoms with Gasteiger partial charge in [-0.2, -0.15) is 0 Å². The number of para-hydroxylation sites is 2. The first-order valence-corrected chi connectivity index (χ1v) is 5.46. The van der Waals surface area contributed by atoms with Crippen molar-refractivity contribution in [1.82, 2.24) is 4.57 Å². The minimum Gasteiger partial charge on any atom is -0.397 e. The Bertz CT molecular complexity index is 619. The Morgan fingerprint density at radius 3 is 2.61 bits per heavy atom. The van der Waals surface area contributed by atoms with Crippen molar-refractivity contribution in [1.29, 1.82) is 0 Å². The van der Waals surface area contributed by atoms with Gasteiger partial charge in [0.25, 0.3) is 5.56 Å². The fourth-order valence-corrected chi connectivity index (χ4v) is 1.55. The molecule has 92 valence electrons. The number of nitrogens with one attached hydrogen (secondary N) is 1. The predicted molar refractivity (Wildman–Crippen MR) is 70.2 cm³/mol. The number of pyridine rings is 1. The summed E-state index contributed by atoms with van der Waals surface area (Å²) in [5, 5.41) is 2.66. The van der Waals surface area contributed by atoms with E-state index in [1.165, 1.54) is 10.6 Å². The van der Waals surface area contributed by atoms with Crippen LogP contribution in [0.15, 0.2) is 53.5 Å². The van der Waals surface area contributed by atoms with Crippen molar-refractivity contribution in [2.75, 3.05) is 11.1 Å². The van der Waals surface area contributed by atoms with Gasteiger partial charge >= 0.3 is 0 Å². The Morgan fingerprint density at radius 2 is 1.89 bits per heavy atom. The van der Waals surface area contributed by atoms with Crippen LogP contribution in [-0.2, 0) is 11.3 Å². The molecule has 0 fully saturated rings. The van der Waals surface area contributed by atoms with Gasteiger partial charge in [-0.15, -0.1) is 0 Å². The third-order valence-electron chi connectivity index (χ3n) is 2.45. The van der Waals surface area contributed by atoms with E-state index in [1.807, 2.05) is 0 Å². The Hall–Kier alpha value is -2.56. The standard InChI is InChI=1S/C13H13N3O2/c14-10-5-1-2-6-11(10)15-12(17)9-16-8-4-3-7-13(16)18/h1-8H,9,14H2,(H,15,17). The molecular formula is C13H13N3O2. The quantitative estimate of drug-likeness (QED) is 0.791. The molecule has 0 bridgehead atoms. The fraction of sp³-hybridized carbons (Fsp3) is 0.0769. The van der Waals surface area contributed by atoms with Gasteiger partial charge in [-0.25, -0.2) is 0 Å². The number of carbonyl (C=O) groups excluding carboxylic acids is 1. The smallest absolute Gasteiger partial charge is 0.250 e. The van der Waals surface area contributed by atoms with Gasteiger partial charge in [0.2, 0.25) is 5.91 Å². The fourth-order valence-electron chi connectivity index (χ4n) is 1.55. The van der Waals surface area contributed by atoms with Gasteiger partial charge in [0.05, 0.1) is 11.4 Å². The molecule has 1 heterocycles. The zero-order valence-electron chi connectivity index (χ0n) is 9.67. The number of nitrogens with two attached hydrogens (primary N) is 1. The van der Waals surface area contributed by atoms with Crippen LogP contribution in [0.2, 0.25) is 0 Å². The SMILES string of the molecule is Nc1ccccc1NC(=O)Cn1ccccc1=O. The zero-order chi connectivity index (χ0) is 13.0. The number of nitrogen functional groups attached to an aromatic ring is 1. The molecule has 0 aliphatic carbocycles. The molecule has 2 aromatic rings. The number of nitrogens with zero attached hydrogens (tertiary/aromatic N) is 1. The molecule has 5 nitrogen and oxygen atoms in total. The van der Waals surface area contributed by atoms with Crippen molar-refractivity contribution in [3.8, 4) is 0 Å². The maximum atomic E-state index is 11.8. The highest BCUT2D eigenvalue weighted by atomic mass is 16.2. The van der Waals surface area contributed by atoms with Gasteiger partial charge < -0.3 is 15.6 Å². The van der Waals surface area contributed by atoms with Crippen molar-refractivity contribution >= 4 is 17.3 Å². The van der Waals surface area contributed by atoms with Gasteiger partial charge in [-0.1, -0.05) is 18.2 Å². The Labute approximate surface area is 104 Å². The van der Waals surface area contributed by atoms with Crippen LogP contribution in [0.1, 0.15) is 0 Å². The molecule has 0 unspecified atom stereocenters. The molecule has 0 aliphatic heterocycles. The first-order chi connectivity index (χ1) is 8.66. The number of hydrogen-bond acceptors (Lipinski definition) is 3. The number of benzene rings is 1. The monoisotopic (exact) mass is 243 g/mol. The average molecular weight is 243 g/mol. The van der Waals surface area contributed by atoms with E-state index in [0.717, 1.165) is 0 Å². The predicted octanol–water partition coefficient (Wildman–Crippen LogP) is 1.07. The van der Waals surface area contributed by atoms with Gasteiger partial charge in [0.15, 0.2) is 0 Å². The second-order valence-corrected chi connectivity index (χ2v) is 3.80. The number of carbonyl (C=O) groups is 1.